The van der Waals surface area contributed by atoms with Gasteiger partial charge in [-0.15, -0.1) is 22.7 Å². The van der Waals surface area contributed by atoms with Crippen molar-refractivity contribution in [2.24, 2.45) is 0 Å². The first-order chi connectivity index (χ1) is 15.1. The number of anilines is 2. The number of rotatable bonds is 4. The van der Waals surface area contributed by atoms with E-state index < -0.39 is 11.8 Å². The molecule has 0 bridgehead atoms. The van der Waals surface area contributed by atoms with Crippen LogP contribution in [0.15, 0.2) is 0 Å². The second-order valence-electron chi connectivity index (χ2n) is 8.03. The molecule has 2 amide bonds. The molecule has 0 aliphatic heterocycles. The van der Waals surface area contributed by atoms with E-state index in [-0.39, 0.29) is 6.42 Å². The molecule has 0 saturated heterocycles. The highest BCUT2D eigenvalue weighted by Crippen LogP contribution is 2.38. The Kier molecular flexibility index (Phi) is 6.70. The lowest BCUT2D eigenvalue weighted by Crippen LogP contribution is -2.21. The van der Waals surface area contributed by atoms with Gasteiger partial charge in [0.2, 0.25) is 11.8 Å². The first-order valence-corrected chi connectivity index (χ1v) is 12.4. The third-order valence-corrected chi connectivity index (χ3v) is 8.31. The minimum absolute atomic E-state index is 0.346. The summed E-state index contributed by atoms with van der Waals surface area (Å²) in [6.45, 7) is 0. The molecule has 2 heterocycles. The Bertz CT molecular complexity index is 1010. The number of hydrogen-bond donors (Lipinski definition) is 2. The number of nitrogens with one attached hydrogen (secondary N) is 2. The summed E-state index contributed by atoms with van der Waals surface area (Å²) in [5, 5.41) is 25.8. The molecule has 0 atom stereocenters. The van der Waals surface area contributed by atoms with E-state index in [0.29, 0.717) is 21.1 Å². The van der Waals surface area contributed by atoms with E-state index in [2.05, 4.69) is 22.8 Å². The molecule has 0 radical (unpaired) electrons. The lowest BCUT2D eigenvalue weighted by atomic mass is 10.1. The third-order valence-electron chi connectivity index (χ3n) is 5.89. The van der Waals surface area contributed by atoms with Crippen LogP contribution in [0.1, 0.15) is 77.0 Å². The zero-order chi connectivity index (χ0) is 21.8. The van der Waals surface area contributed by atoms with Crippen molar-refractivity contribution in [2.45, 2.75) is 70.6 Å². The maximum absolute atomic E-state index is 12.5. The fourth-order valence-electron chi connectivity index (χ4n) is 4.39. The lowest BCUT2D eigenvalue weighted by Gasteiger charge is -2.06. The van der Waals surface area contributed by atoms with Crippen LogP contribution in [-0.4, -0.2) is 11.8 Å². The van der Waals surface area contributed by atoms with Gasteiger partial charge in [0.1, 0.15) is 28.6 Å². The summed E-state index contributed by atoms with van der Waals surface area (Å²) >= 11 is 2.92. The molecule has 2 N–H and O–H groups in total. The summed E-state index contributed by atoms with van der Waals surface area (Å²) in [6.07, 6.45) is 9.88. The first kappa shape index (κ1) is 21.5. The topological polar surface area (TPSA) is 106 Å². The SMILES string of the molecule is N#Cc1c(NC(=O)CC(=O)Nc2sc3c(c2C#N)CCCCC3)sc2c1CCCCC2. The van der Waals surface area contributed by atoms with Crippen LogP contribution in [0.3, 0.4) is 0 Å². The van der Waals surface area contributed by atoms with Gasteiger partial charge >= 0.3 is 0 Å². The Morgan fingerprint density at radius 1 is 0.710 bits per heavy atom. The van der Waals surface area contributed by atoms with Crippen LogP contribution >= 0.6 is 22.7 Å². The fourth-order valence-corrected chi connectivity index (χ4v) is 6.90. The maximum atomic E-state index is 12.5. The third kappa shape index (κ3) is 4.66. The monoisotopic (exact) mass is 452 g/mol. The standard InChI is InChI=1S/C23H24N4O2S2/c24-12-16-14-7-3-1-5-9-18(14)30-22(16)26-20(28)11-21(29)27-23-17(13-25)15-8-4-2-6-10-19(15)31-23/h1-11H2,(H,26,28)(H,27,29). The van der Waals surface area contributed by atoms with Crippen molar-refractivity contribution in [1.29, 1.82) is 10.5 Å². The Hall–Kier alpha value is -2.68. The van der Waals surface area contributed by atoms with Gasteiger partial charge < -0.3 is 10.6 Å². The van der Waals surface area contributed by atoms with E-state index >= 15 is 0 Å². The summed E-state index contributed by atoms with van der Waals surface area (Å²) in [7, 11) is 0. The number of aryl methyl sites for hydroxylation is 2. The zero-order valence-electron chi connectivity index (χ0n) is 17.3. The molecule has 0 spiro atoms. The molecule has 4 rings (SSSR count). The number of nitrogens with zero attached hydrogens (tertiary/aromatic N) is 2. The first-order valence-electron chi connectivity index (χ1n) is 10.8. The van der Waals surface area contributed by atoms with Crippen molar-refractivity contribution in [3.63, 3.8) is 0 Å². The summed E-state index contributed by atoms with van der Waals surface area (Å²) in [4.78, 5) is 27.4. The van der Waals surface area contributed by atoms with E-state index in [9.17, 15) is 20.1 Å². The molecule has 8 heteroatoms. The lowest BCUT2D eigenvalue weighted by molar-refractivity contribution is -0.123. The van der Waals surface area contributed by atoms with Crippen LogP contribution < -0.4 is 10.6 Å². The molecule has 0 saturated carbocycles. The van der Waals surface area contributed by atoms with Crippen molar-refractivity contribution in [3.8, 4) is 12.1 Å². The van der Waals surface area contributed by atoms with Crippen molar-refractivity contribution in [3.05, 3.63) is 32.0 Å². The summed E-state index contributed by atoms with van der Waals surface area (Å²) < 4.78 is 0. The molecule has 0 fully saturated rings. The van der Waals surface area contributed by atoms with Gasteiger partial charge in [0.25, 0.3) is 0 Å². The predicted octanol–water partition coefficient (Wildman–Crippen LogP) is 5.06. The molecule has 2 aliphatic carbocycles. The van der Waals surface area contributed by atoms with Crippen LogP contribution in [0.25, 0.3) is 0 Å². The molecular formula is C23H24N4O2S2. The Morgan fingerprint density at radius 2 is 1.13 bits per heavy atom. The van der Waals surface area contributed by atoms with Gasteiger partial charge in [0.05, 0.1) is 11.1 Å². The molecular weight excluding hydrogens is 428 g/mol. The summed E-state index contributed by atoms with van der Waals surface area (Å²) in [5.74, 6) is -0.885. The quantitative estimate of drug-likeness (QED) is 0.499. The van der Waals surface area contributed by atoms with Gasteiger partial charge in [0, 0.05) is 9.75 Å². The molecule has 0 aromatic carbocycles. The molecule has 160 valence electrons. The highest BCUT2D eigenvalue weighted by molar-refractivity contribution is 7.17. The van der Waals surface area contributed by atoms with E-state index in [0.717, 1.165) is 75.3 Å². The minimum atomic E-state index is -0.443. The van der Waals surface area contributed by atoms with Gasteiger partial charge in [-0.3, -0.25) is 9.59 Å². The molecule has 2 aromatic rings. The summed E-state index contributed by atoms with van der Waals surface area (Å²) in [5.41, 5.74) is 3.21. The minimum Gasteiger partial charge on any atom is -0.316 e. The number of nitriles is 2. The number of thiophene rings is 2. The van der Waals surface area contributed by atoms with E-state index in [4.69, 9.17) is 0 Å². The number of hydrogen-bond acceptors (Lipinski definition) is 6. The molecule has 2 aliphatic rings. The zero-order valence-corrected chi connectivity index (χ0v) is 18.9. The second kappa shape index (κ2) is 9.64. The van der Waals surface area contributed by atoms with Crippen molar-refractivity contribution >= 4 is 44.5 Å². The highest BCUT2D eigenvalue weighted by atomic mass is 32.1. The van der Waals surface area contributed by atoms with E-state index in [1.54, 1.807) is 0 Å². The smallest absolute Gasteiger partial charge is 0.234 e. The van der Waals surface area contributed by atoms with Crippen LogP contribution in [0.2, 0.25) is 0 Å². The van der Waals surface area contributed by atoms with Gasteiger partial charge in [-0.1, -0.05) is 12.8 Å². The van der Waals surface area contributed by atoms with Gasteiger partial charge in [-0.25, -0.2) is 0 Å². The molecule has 0 unspecified atom stereocenters. The fraction of sp³-hybridized carbons (Fsp3) is 0.478. The molecule has 2 aromatic heterocycles. The second-order valence-corrected chi connectivity index (χ2v) is 10.2. The Balaban J connectivity index is 1.43. The van der Waals surface area contributed by atoms with Crippen LogP contribution in [0.4, 0.5) is 10.0 Å². The number of fused-ring (bicyclic) bond motifs is 2. The van der Waals surface area contributed by atoms with Gasteiger partial charge in [0.15, 0.2) is 0 Å². The van der Waals surface area contributed by atoms with E-state index in [1.807, 2.05) is 0 Å². The van der Waals surface area contributed by atoms with Gasteiger partial charge in [-0.05, 0) is 62.5 Å². The van der Waals surface area contributed by atoms with Gasteiger partial charge in [-0.2, -0.15) is 10.5 Å². The largest absolute Gasteiger partial charge is 0.316 e. The van der Waals surface area contributed by atoms with Crippen molar-refractivity contribution in [2.75, 3.05) is 10.6 Å². The number of carbonyl (C=O) groups excluding carboxylic acids is 2. The Labute approximate surface area is 189 Å². The highest BCUT2D eigenvalue weighted by Gasteiger charge is 2.24. The average molecular weight is 453 g/mol. The van der Waals surface area contributed by atoms with Crippen LogP contribution in [0.5, 0.6) is 0 Å². The Morgan fingerprint density at radius 3 is 1.55 bits per heavy atom. The number of carbonyl (C=O) groups is 2. The molecule has 31 heavy (non-hydrogen) atoms. The normalized spacial score (nSPS) is 15.4. The van der Waals surface area contributed by atoms with Crippen molar-refractivity contribution < 1.29 is 9.59 Å². The van der Waals surface area contributed by atoms with Crippen molar-refractivity contribution in [1.82, 2.24) is 0 Å². The molecule has 6 nitrogen and oxygen atoms in total. The van der Waals surface area contributed by atoms with Crippen LogP contribution in [-0.2, 0) is 35.3 Å². The maximum Gasteiger partial charge on any atom is 0.234 e. The predicted molar refractivity (Wildman–Crippen MR) is 122 cm³/mol. The van der Waals surface area contributed by atoms with Crippen LogP contribution in [0, 0.1) is 22.7 Å². The van der Waals surface area contributed by atoms with E-state index in [1.165, 1.54) is 32.4 Å². The average Bonchev–Trinajstić information content (AvgIpc) is 3.00. The summed E-state index contributed by atoms with van der Waals surface area (Å²) in [6, 6.07) is 4.48. The number of amides is 2.